The van der Waals surface area contributed by atoms with Gasteiger partial charge in [0.15, 0.2) is 0 Å². The fraction of sp³-hybridized carbons (Fsp3) is 0.438. The molecule has 6 heteroatoms. The molecule has 1 aliphatic heterocycles. The second kappa shape index (κ2) is 6.98. The highest BCUT2D eigenvalue weighted by molar-refractivity contribution is 7.08. The van der Waals surface area contributed by atoms with Crippen LogP contribution < -0.4 is 0 Å². The zero-order valence-electron chi connectivity index (χ0n) is 12.6. The summed E-state index contributed by atoms with van der Waals surface area (Å²) in [7, 11) is 0. The number of aryl methyl sites for hydroxylation is 2. The van der Waals surface area contributed by atoms with Gasteiger partial charge >= 0.3 is 0 Å². The highest BCUT2D eigenvalue weighted by Crippen LogP contribution is 2.16. The number of rotatable bonds is 4. The van der Waals surface area contributed by atoms with Gasteiger partial charge in [-0.15, -0.1) is 0 Å². The zero-order valence-corrected chi connectivity index (χ0v) is 13.4. The molecule has 0 aromatic carbocycles. The SMILES string of the molecule is Cc1cc(CC[C@H]2CN(C(=O)c3ccsc3)CCO2)ncn1. The van der Waals surface area contributed by atoms with Crippen LogP contribution in [-0.4, -0.2) is 46.6 Å². The molecule has 0 spiro atoms. The average molecular weight is 317 g/mol. The Morgan fingerprint density at radius 1 is 1.50 bits per heavy atom. The molecule has 0 aliphatic carbocycles. The largest absolute Gasteiger partial charge is 0.375 e. The van der Waals surface area contributed by atoms with E-state index in [-0.39, 0.29) is 12.0 Å². The zero-order chi connectivity index (χ0) is 15.4. The number of thiophene rings is 1. The smallest absolute Gasteiger partial charge is 0.254 e. The first-order chi connectivity index (χ1) is 10.7. The third-order valence-electron chi connectivity index (χ3n) is 3.78. The van der Waals surface area contributed by atoms with Gasteiger partial charge in [-0.1, -0.05) is 0 Å². The summed E-state index contributed by atoms with van der Waals surface area (Å²) >= 11 is 1.55. The van der Waals surface area contributed by atoms with Gasteiger partial charge in [-0.05, 0) is 37.3 Å². The fourth-order valence-corrected chi connectivity index (χ4v) is 3.23. The van der Waals surface area contributed by atoms with E-state index in [4.69, 9.17) is 4.74 Å². The lowest BCUT2D eigenvalue weighted by molar-refractivity contribution is -0.0246. The number of hydrogen-bond donors (Lipinski definition) is 0. The molecule has 22 heavy (non-hydrogen) atoms. The third kappa shape index (κ3) is 3.69. The Kier molecular flexibility index (Phi) is 4.80. The van der Waals surface area contributed by atoms with Crippen molar-refractivity contribution in [3.05, 3.63) is 46.2 Å². The van der Waals surface area contributed by atoms with Gasteiger partial charge in [0.05, 0.1) is 18.3 Å². The van der Waals surface area contributed by atoms with Crippen molar-refractivity contribution in [1.29, 1.82) is 0 Å². The fourth-order valence-electron chi connectivity index (χ4n) is 2.60. The predicted molar refractivity (Wildman–Crippen MR) is 85.1 cm³/mol. The summed E-state index contributed by atoms with van der Waals surface area (Å²) in [5.41, 5.74) is 2.78. The molecule has 2 aromatic rings. The molecule has 2 aromatic heterocycles. The molecule has 3 rings (SSSR count). The van der Waals surface area contributed by atoms with E-state index in [1.54, 1.807) is 17.7 Å². The van der Waals surface area contributed by atoms with Crippen LogP contribution in [0.4, 0.5) is 0 Å². The molecule has 116 valence electrons. The van der Waals surface area contributed by atoms with Crippen molar-refractivity contribution in [1.82, 2.24) is 14.9 Å². The monoisotopic (exact) mass is 317 g/mol. The summed E-state index contributed by atoms with van der Waals surface area (Å²) in [6, 6.07) is 3.87. The summed E-state index contributed by atoms with van der Waals surface area (Å²) in [6.07, 6.45) is 3.38. The topological polar surface area (TPSA) is 55.3 Å². The molecule has 1 atom stereocenters. The Morgan fingerprint density at radius 3 is 3.18 bits per heavy atom. The standard InChI is InChI=1S/C16H19N3O2S/c1-12-8-14(18-11-17-12)2-3-15-9-19(5-6-21-15)16(20)13-4-7-22-10-13/h4,7-8,10-11,15H,2-3,5-6,9H2,1H3/t15-/m0/s1. The van der Waals surface area contributed by atoms with Gasteiger partial charge in [0.2, 0.25) is 0 Å². The van der Waals surface area contributed by atoms with Gasteiger partial charge < -0.3 is 9.64 Å². The summed E-state index contributed by atoms with van der Waals surface area (Å²) in [6.45, 7) is 3.88. The third-order valence-corrected chi connectivity index (χ3v) is 4.46. The van der Waals surface area contributed by atoms with Crippen LogP contribution in [0.15, 0.2) is 29.2 Å². The maximum atomic E-state index is 12.4. The van der Waals surface area contributed by atoms with Gasteiger partial charge in [0.1, 0.15) is 6.33 Å². The first-order valence-corrected chi connectivity index (χ1v) is 8.37. The lowest BCUT2D eigenvalue weighted by atomic mass is 10.1. The summed E-state index contributed by atoms with van der Waals surface area (Å²) in [4.78, 5) is 22.6. The van der Waals surface area contributed by atoms with Crippen LogP contribution in [-0.2, 0) is 11.2 Å². The molecule has 1 amide bonds. The highest BCUT2D eigenvalue weighted by Gasteiger charge is 2.25. The van der Waals surface area contributed by atoms with Gasteiger partial charge in [-0.25, -0.2) is 9.97 Å². The minimum atomic E-state index is 0.0756. The quantitative estimate of drug-likeness (QED) is 0.868. The van der Waals surface area contributed by atoms with Crippen LogP contribution >= 0.6 is 11.3 Å². The molecule has 0 unspecified atom stereocenters. The molecule has 1 aliphatic rings. The van der Waals surface area contributed by atoms with Crippen molar-refractivity contribution in [2.24, 2.45) is 0 Å². The Labute approximate surface area is 134 Å². The average Bonchev–Trinajstić information content (AvgIpc) is 3.07. The number of nitrogens with zero attached hydrogens (tertiary/aromatic N) is 3. The maximum Gasteiger partial charge on any atom is 0.254 e. The van der Waals surface area contributed by atoms with Crippen LogP contribution in [0.5, 0.6) is 0 Å². The number of aromatic nitrogens is 2. The van der Waals surface area contributed by atoms with Gasteiger partial charge in [0.25, 0.3) is 5.91 Å². The van der Waals surface area contributed by atoms with E-state index in [9.17, 15) is 4.79 Å². The lowest BCUT2D eigenvalue weighted by Gasteiger charge is -2.32. The van der Waals surface area contributed by atoms with Crippen LogP contribution in [0.3, 0.4) is 0 Å². The second-order valence-electron chi connectivity index (χ2n) is 5.45. The Bertz CT molecular complexity index is 630. The first-order valence-electron chi connectivity index (χ1n) is 7.43. The minimum absolute atomic E-state index is 0.0756. The number of amides is 1. The van der Waals surface area contributed by atoms with E-state index >= 15 is 0 Å². The molecule has 1 saturated heterocycles. The Morgan fingerprint density at radius 2 is 2.41 bits per heavy atom. The van der Waals surface area contributed by atoms with Crippen molar-refractivity contribution >= 4 is 17.2 Å². The van der Waals surface area contributed by atoms with Crippen LogP contribution in [0, 0.1) is 6.92 Å². The molecule has 5 nitrogen and oxygen atoms in total. The van der Waals surface area contributed by atoms with E-state index < -0.39 is 0 Å². The van der Waals surface area contributed by atoms with E-state index in [1.807, 2.05) is 34.7 Å². The minimum Gasteiger partial charge on any atom is -0.375 e. The van der Waals surface area contributed by atoms with E-state index in [0.29, 0.717) is 19.7 Å². The summed E-state index contributed by atoms with van der Waals surface area (Å²) in [5.74, 6) is 0.104. The number of ether oxygens (including phenoxy) is 1. The molecule has 0 radical (unpaired) electrons. The molecule has 0 saturated carbocycles. The number of carbonyl (C=O) groups excluding carboxylic acids is 1. The van der Waals surface area contributed by atoms with E-state index in [0.717, 1.165) is 29.8 Å². The first kappa shape index (κ1) is 15.1. The Balaban J connectivity index is 1.55. The van der Waals surface area contributed by atoms with Crippen molar-refractivity contribution in [2.75, 3.05) is 19.7 Å². The molecule has 1 fully saturated rings. The highest BCUT2D eigenvalue weighted by atomic mass is 32.1. The van der Waals surface area contributed by atoms with Crippen LogP contribution in [0.1, 0.15) is 28.2 Å². The van der Waals surface area contributed by atoms with Gasteiger partial charge in [-0.3, -0.25) is 4.79 Å². The molecular formula is C16H19N3O2S. The Hall–Kier alpha value is -1.79. The van der Waals surface area contributed by atoms with Crippen molar-refractivity contribution in [3.8, 4) is 0 Å². The van der Waals surface area contributed by atoms with Crippen LogP contribution in [0.25, 0.3) is 0 Å². The van der Waals surface area contributed by atoms with Gasteiger partial charge in [-0.2, -0.15) is 11.3 Å². The number of hydrogen-bond acceptors (Lipinski definition) is 5. The maximum absolute atomic E-state index is 12.4. The number of carbonyl (C=O) groups is 1. The summed E-state index contributed by atoms with van der Waals surface area (Å²) in [5, 5.41) is 3.83. The molecular weight excluding hydrogens is 298 g/mol. The van der Waals surface area contributed by atoms with E-state index in [1.165, 1.54) is 0 Å². The summed E-state index contributed by atoms with van der Waals surface area (Å²) < 4.78 is 5.79. The van der Waals surface area contributed by atoms with Crippen LogP contribution in [0.2, 0.25) is 0 Å². The predicted octanol–water partition coefficient (Wildman–Crippen LogP) is 2.32. The van der Waals surface area contributed by atoms with Crippen molar-refractivity contribution < 1.29 is 9.53 Å². The molecule has 3 heterocycles. The second-order valence-corrected chi connectivity index (χ2v) is 6.23. The van der Waals surface area contributed by atoms with Crippen molar-refractivity contribution in [2.45, 2.75) is 25.9 Å². The lowest BCUT2D eigenvalue weighted by Crippen LogP contribution is -2.45. The molecule has 0 N–H and O–H groups in total. The molecule has 0 bridgehead atoms. The van der Waals surface area contributed by atoms with Crippen molar-refractivity contribution in [3.63, 3.8) is 0 Å². The van der Waals surface area contributed by atoms with E-state index in [2.05, 4.69) is 9.97 Å². The normalized spacial score (nSPS) is 18.4. The number of morpholine rings is 1. The van der Waals surface area contributed by atoms with Gasteiger partial charge in [0, 0.05) is 29.9 Å².